The molecule has 19 heavy (non-hydrogen) atoms. The normalized spacial score (nSPS) is 11.6. The first kappa shape index (κ1) is 14.9. The molecule has 1 amide bonds. The minimum absolute atomic E-state index is 0.174. The summed E-state index contributed by atoms with van der Waals surface area (Å²) in [4.78, 5) is 22.4. The van der Waals surface area contributed by atoms with Crippen molar-refractivity contribution < 1.29 is 19.4 Å². The third kappa shape index (κ3) is 4.93. The number of anilines is 1. The molecule has 2 N–H and O–H groups in total. The van der Waals surface area contributed by atoms with E-state index in [-0.39, 0.29) is 11.5 Å². The second kappa shape index (κ2) is 7.33. The molecule has 0 aliphatic rings. The minimum Gasteiger partial charge on any atom is -0.478 e. The Morgan fingerprint density at radius 3 is 2.58 bits per heavy atom. The third-order valence-corrected chi connectivity index (χ3v) is 2.46. The highest BCUT2D eigenvalue weighted by Crippen LogP contribution is 2.10. The van der Waals surface area contributed by atoms with Gasteiger partial charge >= 0.3 is 5.97 Å². The van der Waals surface area contributed by atoms with Crippen LogP contribution in [0.2, 0.25) is 0 Å². The summed E-state index contributed by atoms with van der Waals surface area (Å²) in [6.45, 7) is 5.66. The van der Waals surface area contributed by atoms with Gasteiger partial charge in [0.1, 0.15) is 6.10 Å². The molecule has 1 unspecified atom stereocenters. The molecule has 5 heteroatoms. The molecule has 0 saturated carbocycles. The standard InChI is InChI=1S/C14H17NO4/c1-3-4-9-19-10(2)13(16)15-12-7-5-11(6-8-12)14(17)18/h3,5-8,10H,1,4,9H2,2H3,(H,15,16)(H,17,18). The lowest BCUT2D eigenvalue weighted by Crippen LogP contribution is -2.28. The molecule has 1 aromatic rings. The van der Waals surface area contributed by atoms with E-state index in [4.69, 9.17) is 9.84 Å². The van der Waals surface area contributed by atoms with Crippen LogP contribution < -0.4 is 5.32 Å². The lowest BCUT2D eigenvalue weighted by Gasteiger charge is -2.12. The summed E-state index contributed by atoms with van der Waals surface area (Å²) in [6, 6.07) is 5.94. The van der Waals surface area contributed by atoms with Gasteiger partial charge in [-0.05, 0) is 37.6 Å². The maximum absolute atomic E-state index is 11.7. The average Bonchev–Trinajstić information content (AvgIpc) is 2.39. The van der Waals surface area contributed by atoms with Gasteiger partial charge in [-0.15, -0.1) is 6.58 Å². The van der Waals surface area contributed by atoms with Crippen molar-refractivity contribution >= 4 is 17.6 Å². The number of benzene rings is 1. The Morgan fingerprint density at radius 1 is 1.42 bits per heavy atom. The van der Waals surface area contributed by atoms with E-state index >= 15 is 0 Å². The Morgan fingerprint density at radius 2 is 2.05 bits per heavy atom. The Kier molecular flexibility index (Phi) is 5.75. The van der Waals surface area contributed by atoms with Gasteiger partial charge in [0, 0.05) is 5.69 Å². The molecule has 1 aromatic carbocycles. The molecule has 0 bridgehead atoms. The van der Waals surface area contributed by atoms with Gasteiger partial charge in [-0.2, -0.15) is 0 Å². The van der Waals surface area contributed by atoms with Crippen molar-refractivity contribution in [1.29, 1.82) is 0 Å². The van der Waals surface area contributed by atoms with E-state index in [1.165, 1.54) is 24.3 Å². The van der Waals surface area contributed by atoms with Crippen molar-refractivity contribution in [2.45, 2.75) is 19.4 Å². The molecule has 102 valence electrons. The zero-order valence-corrected chi connectivity index (χ0v) is 10.8. The van der Waals surface area contributed by atoms with Crippen LogP contribution in [0.5, 0.6) is 0 Å². The van der Waals surface area contributed by atoms with Crippen LogP contribution in [0.4, 0.5) is 5.69 Å². The van der Waals surface area contributed by atoms with Crippen LogP contribution in [0.1, 0.15) is 23.7 Å². The van der Waals surface area contributed by atoms with Crippen LogP contribution in [0.3, 0.4) is 0 Å². The number of ether oxygens (including phenoxy) is 1. The number of aromatic carboxylic acids is 1. The molecule has 0 aliphatic carbocycles. The predicted octanol–water partition coefficient (Wildman–Crippen LogP) is 2.30. The highest BCUT2D eigenvalue weighted by molar-refractivity contribution is 5.94. The van der Waals surface area contributed by atoms with Crippen LogP contribution >= 0.6 is 0 Å². The fourth-order valence-electron chi connectivity index (χ4n) is 1.34. The quantitative estimate of drug-likeness (QED) is 0.584. The number of rotatable bonds is 7. The average molecular weight is 263 g/mol. The molecular formula is C14H17NO4. The molecule has 0 aromatic heterocycles. The smallest absolute Gasteiger partial charge is 0.335 e. The van der Waals surface area contributed by atoms with Gasteiger partial charge in [0.2, 0.25) is 0 Å². The largest absolute Gasteiger partial charge is 0.478 e. The highest BCUT2D eigenvalue weighted by atomic mass is 16.5. The van der Waals surface area contributed by atoms with E-state index in [9.17, 15) is 9.59 Å². The molecule has 0 aliphatic heterocycles. The van der Waals surface area contributed by atoms with Crippen molar-refractivity contribution in [2.24, 2.45) is 0 Å². The number of carbonyl (C=O) groups is 2. The van der Waals surface area contributed by atoms with Gasteiger partial charge in [0.15, 0.2) is 0 Å². The molecule has 0 spiro atoms. The van der Waals surface area contributed by atoms with Gasteiger partial charge in [-0.1, -0.05) is 6.08 Å². The minimum atomic E-state index is -1.00. The fraction of sp³-hybridized carbons (Fsp3) is 0.286. The topological polar surface area (TPSA) is 75.6 Å². The molecule has 1 rings (SSSR count). The highest BCUT2D eigenvalue weighted by Gasteiger charge is 2.13. The molecule has 0 radical (unpaired) electrons. The van der Waals surface area contributed by atoms with Gasteiger partial charge < -0.3 is 15.2 Å². The van der Waals surface area contributed by atoms with Crippen molar-refractivity contribution in [3.63, 3.8) is 0 Å². The Balaban J connectivity index is 2.51. The summed E-state index contributed by atoms with van der Waals surface area (Å²) in [5, 5.41) is 11.4. The van der Waals surface area contributed by atoms with Crippen LogP contribution in [-0.2, 0) is 9.53 Å². The molecule has 5 nitrogen and oxygen atoms in total. The summed E-state index contributed by atoms with van der Waals surface area (Å²) >= 11 is 0. The maximum Gasteiger partial charge on any atom is 0.335 e. The summed E-state index contributed by atoms with van der Waals surface area (Å²) in [7, 11) is 0. The SMILES string of the molecule is C=CCCOC(C)C(=O)Nc1ccc(C(=O)O)cc1. The van der Waals surface area contributed by atoms with Gasteiger partial charge in [-0.3, -0.25) is 4.79 Å². The van der Waals surface area contributed by atoms with E-state index in [1.807, 2.05) is 0 Å². The van der Waals surface area contributed by atoms with Crippen LogP contribution in [0.15, 0.2) is 36.9 Å². The zero-order valence-electron chi connectivity index (χ0n) is 10.8. The molecular weight excluding hydrogens is 246 g/mol. The second-order valence-electron chi connectivity index (χ2n) is 3.96. The van der Waals surface area contributed by atoms with Gasteiger partial charge in [-0.25, -0.2) is 4.79 Å². The Hall–Kier alpha value is -2.14. The number of amides is 1. The van der Waals surface area contributed by atoms with Gasteiger partial charge in [0.25, 0.3) is 5.91 Å². The van der Waals surface area contributed by atoms with Crippen LogP contribution in [0.25, 0.3) is 0 Å². The van der Waals surface area contributed by atoms with Crippen molar-refractivity contribution in [3.05, 3.63) is 42.5 Å². The summed E-state index contributed by atoms with van der Waals surface area (Å²) in [6.07, 6.45) is 1.83. The third-order valence-electron chi connectivity index (χ3n) is 2.46. The van der Waals surface area contributed by atoms with Crippen molar-refractivity contribution in [3.8, 4) is 0 Å². The van der Waals surface area contributed by atoms with E-state index < -0.39 is 12.1 Å². The lowest BCUT2D eigenvalue weighted by molar-refractivity contribution is -0.126. The number of hydrogen-bond acceptors (Lipinski definition) is 3. The number of carboxylic acids is 1. The Labute approximate surface area is 111 Å². The predicted molar refractivity (Wildman–Crippen MR) is 72.3 cm³/mol. The number of hydrogen-bond donors (Lipinski definition) is 2. The first-order chi connectivity index (χ1) is 9.04. The molecule has 0 fully saturated rings. The summed E-state index contributed by atoms with van der Waals surface area (Å²) in [5.41, 5.74) is 0.711. The molecule has 0 saturated heterocycles. The fourth-order valence-corrected chi connectivity index (χ4v) is 1.34. The maximum atomic E-state index is 11.7. The zero-order chi connectivity index (χ0) is 14.3. The summed E-state index contributed by atoms with van der Waals surface area (Å²) in [5.74, 6) is -1.27. The summed E-state index contributed by atoms with van der Waals surface area (Å²) < 4.78 is 5.30. The first-order valence-electron chi connectivity index (χ1n) is 5.91. The van der Waals surface area contributed by atoms with Crippen LogP contribution in [-0.4, -0.2) is 29.7 Å². The van der Waals surface area contributed by atoms with Gasteiger partial charge in [0.05, 0.1) is 12.2 Å². The second-order valence-corrected chi connectivity index (χ2v) is 3.96. The monoisotopic (exact) mass is 263 g/mol. The number of nitrogens with one attached hydrogen (secondary N) is 1. The van der Waals surface area contributed by atoms with E-state index in [0.717, 1.165) is 0 Å². The van der Waals surface area contributed by atoms with E-state index in [0.29, 0.717) is 18.7 Å². The first-order valence-corrected chi connectivity index (χ1v) is 5.91. The van der Waals surface area contributed by atoms with Crippen LogP contribution in [0, 0.1) is 0 Å². The Bertz CT molecular complexity index is 453. The van der Waals surface area contributed by atoms with Crippen molar-refractivity contribution in [1.82, 2.24) is 0 Å². The number of carboxylic acid groups (broad SMARTS) is 1. The molecule has 1 atom stereocenters. The van der Waals surface area contributed by atoms with Crippen molar-refractivity contribution in [2.75, 3.05) is 11.9 Å². The van der Waals surface area contributed by atoms with E-state index in [1.54, 1.807) is 13.0 Å². The molecule has 0 heterocycles. The van der Waals surface area contributed by atoms with E-state index in [2.05, 4.69) is 11.9 Å². The lowest BCUT2D eigenvalue weighted by atomic mass is 10.2. The number of carbonyl (C=O) groups excluding carboxylic acids is 1.